The van der Waals surface area contributed by atoms with Crippen LogP contribution in [0, 0.1) is 9.77 Å². The summed E-state index contributed by atoms with van der Waals surface area (Å²) in [5.74, 6) is 0.105. The van der Waals surface area contributed by atoms with Crippen LogP contribution in [-0.2, 0) is 4.79 Å². The molecule has 5 nitrogen and oxygen atoms in total. The zero-order valence-corrected chi connectivity index (χ0v) is 17.1. The molecule has 0 atom stereocenters. The summed E-state index contributed by atoms with van der Waals surface area (Å²) in [5, 5.41) is 7.64. The normalized spacial score (nSPS) is 10.6. The van der Waals surface area contributed by atoms with E-state index in [1.54, 1.807) is 35.0 Å². The predicted molar refractivity (Wildman–Crippen MR) is 110 cm³/mol. The number of carbonyl (C=O) groups excluding carboxylic acids is 1. The monoisotopic (exact) mass is 441 g/mol. The Labute approximate surface area is 173 Å². The van der Waals surface area contributed by atoms with E-state index in [9.17, 15) is 9.18 Å². The van der Waals surface area contributed by atoms with E-state index in [1.165, 1.54) is 42.3 Å². The second-order valence-corrected chi connectivity index (χ2v) is 8.49. The van der Waals surface area contributed by atoms with Crippen LogP contribution < -0.4 is 10.1 Å². The molecule has 0 saturated heterocycles. The van der Waals surface area contributed by atoms with Gasteiger partial charge in [-0.15, -0.1) is 5.10 Å². The zero-order valence-electron chi connectivity index (χ0n) is 13.9. The highest BCUT2D eigenvalue weighted by Crippen LogP contribution is 2.29. The lowest BCUT2D eigenvalue weighted by Crippen LogP contribution is -2.14. The number of benzene rings is 2. The zero-order chi connectivity index (χ0) is 19.4. The summed E-state index contributed by atoms with van der Waals surface area (Å²) in [6.07, 6.45) is 0. The Morgan fingerprint density at radius 2 is 2.11 bits per heavy atom. The average Bonchev–Trinajstić information content (AvgIpc) is 3.02. The fraction of sp³-hybridized carbons (Fsp3) is 0.118. The largest absolute Gasteiger partial charge is 0.495 e. The summed E-state index contributed by atoms with van der Waals surface area (Å²) >= 11 is 13.8. The maximum Gasteiger partial charge on any atom is 0.234 e. The van der Waals surface area contributed by atoms with Crippen molar-refractivity contribution in [3.63, 3.8) is 0 Å². The Bertz CT molecular complexity index is 1020. The first kappa shape index (κ1) is 19.8. The van der Waals surface area contributed by atoms with Crippen LogP contribution in [0.25, 0.3) is 5.69 Å². The van der Waals surface area contributed by atoms with Crippen molar-refractivity contribution in [3.05, 3.63) is 57.3 Å². The Kier molecular flexibility index (Phi) is 6.48. The Morgan fingerprint density at radius 3 is 2.81 bits per heavy atom. The van der Waals surface area contributed by atoms with E-state index in [4.69, 9.17) is 28.6 Å². The summed E-state index contributed by atoms with van der Waals surface area (Å²) in [5.41, 5.74) is 1.16. The van der Waals surface area contributed by atoms with Gasteiger partial charge in [-0.2, -0.15) is 0 Å². The third-order valence-electron chi connectivity index (χ3n) is 3.36. The lowest BCUT2D eigenvalue weighted by atomic mass is 10.3. The number of methoxy groups -OCH3 is 1. The lowest BCUT2D eigenvalue weighted by molar-refractivity contribution is -0.113. The Morgan fingerprint density at radius 1 is 1.37 bits per heavy atom. The molecule has 0 bridgehead atoms. The molecule has 0 radical (unpaired) electrons. The van der Waals surface area contributed by atoms with Crippen LogP contribution in [0.2, 0.25) is 5.02 Å². The SMILES string of the molecule is COc1ccc(Cl)cc1NC(=O)CSc1nn(-c2ccc(F)cc2)c(=S)s1. The summed E-state index contributed by atoms with van der Waals surface area (Å²) in [6.45, 7) is 0. The molecular weight excluding hydrogens is 429 g/mol. The number of halogens is 2. The van der Waals surface area contributed by atoms with Crippen LogP contribution >= 0.6 is 46.9 Å². The van der Waals surface area contributed by atoms with E-state index in [0.29, 0.717) is 30.4 Å². The molecule has 27 heavy (non-hydrogen) atoms. The predicted octanol–water partition coefficient (Wildman–Crippen LogP) is 5.20. The number of carbonyl (C=O) groups is 1. The van der Waals surface area contributed by atoms with Crippen molar-refractivity contribution < 1.29 is 13.9 Å². The Balaban J connectivity index is 1.66. The molecule has 1 N–H and O–H groups in total. The van der Waals surface area contributed by atoms with E-state index in [-0.39, 0.29) is 17.5 Å². The van der Waals surface area contributed by atoms with Gasteiger partial charge in [-0.1, -0.05) is 34.7 Å². The van der Waals surface area contributed by atoms with Gasteiger partial charge in [0.2, 0.25) is 5.91 Å². The third kappa shape index (κ3) is 5.07. The van der Waals surface area contributed by atoms with Gasteiger partial charge in [0.1, 0.15) is 11.6 Å². The molecule has 0 aliphatic heterocycles. The van der Waals surface area contributed by atoms with E-state index in [2.05, 4.69) is 10.4 Å². The van der Waals surface area contributed by atoms with Gasteiger partial charge in [-0.3, -0.25) is 4.79 Å². The molecule has 1 amide bonds. The number of ether oxygens (including phenoxy) is 1. The van der Waals surface area contributed by atoms with Crippen molar-refractivity contribution in [1.82, 2.24) is 9.78 Å². The van der Waals surface area contributed by atoms with Gasteiger partial charge in [0.25, 0.3) is 0 Å². The first-order valence-electron chi connectivity index (χ1n) is 7.58. The first-order chi connectivity index (χ1) is 13.0. The number of rotatable bonds is 6. The van der Waals surface area contributed by atoms with Crippen molar-refractivity contribution in [2.45, 2.75) is 4.34 Å². The van der Waals surface area contributed by atoms with Crippen molar-refractivity contribution >= 4 is 58.5 Å². The van der Waals surface area contributed by atoms with Crippen molar-refractivity contribution in [2.75, 3.05) is 18.2 Å². The molecule has 140 valence electrons. The van der Waals surface area contributed by atoms with Gasteiger partial charge >= 0.3 is 0 Å². The number of hydrogen-bond donors (Lipinski definition) is 1. The van der Waals surface area contributed by atoms with E-state index >= 15 is 0 Å². The Hall–Kier alpha value is -1.94. The first-order valence-corrected chi connectivity index (χ1v) is 10.2. The van der Waals surface area contributed by atoms with Gasteiger partial charge < -0.3 is 10.1 Å². The van der Waals surface area contributed by atoms with E-state index < -0.39 is 0 Å². The second kappa shape index (κ2) is 8.83. The molecule has 1 aromatic heterocycles. The standard InChI is InChI=1S/C17H13ClFN3O2S3/c1-24-14-7-2-10(18)8-13(14)20-15(23)9-26-16-21-22(17(25)27-16)12-5-3-11(19)4-6-12/h2-8H,9H2,1H3,(H,20,23). The number of amides is 1. The quantitative estimate of drug-likeness (QED) is 0.421. The van der Waals surface area contributed by atoms with Crippen molar-refractivity contribution in [1.29, 1.82) is 0 Å². The summed E-state index contributed by atoms with van der Waals surface area (Å²) in [6, 6.07) is 10.9. The average molecular weight is 442 g/mol. The van der Waals surface area contributed by atoms with Gasteiger partial charge in [-0.25, -0.2) is 9.07 Å². The highest BCUT2D eigenvalue weighted by molar-refractivity contribution is 8.01. The number of anilines is 1. The number of aromatic nitrogens is 2. The summed E-state index contributed by atoms with van der Waals surface area (Å²) < 4.78 is 21.0. The minimum Gasteiger partial charge on any atom is -0.495 e. The van der Waals surface area contributed by atoms with Crippen LogP contribution in [0.1, 0.15) is 0 Å². The number of nitrogens with one attached hydrogen (secondary N) is 1. The lowest BCUT2D eigenvalue weighted by Gasteiger charge is -2.10. The highest BCUT2D eigenvalue weighted by Gasteiger charge is 2.12. The van der Waals surface area contributed by atoms with Crippen LogP contribution in [-0.4, -0.2) is 28.6 Å². The van der Waals surface area contributed by atoms with E-state index in [1.807, 2.05) is 0 Å². The van der Waals surface area contributed by atoms with Crippen LogP contribution in [0.4, 0.5) is 10.1 Å². The molecule has 1 heterocycles. The van der Waals surface area contributed by atoms with Crippen molar-refractivity contribution in [3.8, 4) is 11.4 Å². The fourth-order valence-corrected chi connectivity index (χ4v) is 4.49. The molecular formula is C17H13ClFN3O2S3. The molecule has 3 aromatic rings. The smallest absolute Gasteiger partial charge is 0.234 e. The molecule has 0 aliphatic rings. The summed E-state index contributed by atoms with van der Waals surface area (Å²) in [4.78, 5) is 12.2. The maximum absolute atomic E-state index is 13.1. The van der Waals surface area contributed by atoms with Crippen LogP contribution in [0.15, 0.2) is 46.8 Å². The number of hydrogen-bond acceptors (Lipinski definition) is 6. The fourth-order valence-electron chi connectivity index (χ4n) is 2.16. The molecule has 0 spiro atoms. The van der Waals surface area contributed by atoms with Crippen molar-refractivity contribution in [2.24, 2.45) is 0 Å². The molecule has 0 aliphatic carbocycles. The minimum absolute atomic E-state index is 0.140. The molecule has 10 heteroatoms. The maximum atomic E-state index is 13.1. The molecule has 0 fully saturated rings. The molecule has 0 unspecified atom stereocenters. The second-order valence-electron chi connectivity index (χ2n) is 5.20. The minimum atomic E-state index is -0.330. The summed E-state index contributed by atoms with van der Waals surface area (Å²) in [7, 11) is 1.52. The van der Waals surface area contributed by atoms with Crippen LogP contribution in [0.3, 0.4) is 0 Å². The topological polar surface area (TPSA) is 56.1 Å². The van der Waals surface area contributed by atoms with Gasteiger partial charge in [-0.05, 0) is 54.7 Å². The molecule has 2 aromatic carbocycles. The van der Waals surface area contributed by atoms with E-state index in [0.717, 1.165) is 0 Å². The molecule has 0 saturated carbocycles. The van der Waals surface area contributed by atoms with Gasteiger partial charge in [0.05, 0.1) is 24.2 Å². The van der Waals surface area contributed by atoms with Gasteiger partial charge in [0, 0.05) is 5.02 Å². The third-order valence-corrected chi connectivity index (χ3v) is 5.96. The number of thioether (sulfide) groups is 1. The van der Waals surface area contributed by atoms with Crippen LogP contribution in [0.5, 0.6) is 5.75 Å². The number of nitrogens with zero attached hydrogens (tertiary/aromatic N) is 2. The molecule has 3 rings (SSSR count). The van der Waals surface area contributed by atoms with Gasteiger partial charge in [0.15, 0.2) is 8.29 Å². The highest BCUT2D eigenvalue weighted by atomic mass is 35.5.